The molecule has 6 nitrogen and oxygen atoms in total. The first kappa shape index (κ1) is 24.2. The minimum Gasteiger partial charge on any atom is -0.467 e. The lowest BCUT2D eigenvalue weighted by Gasteiger charge is -2.14. The van der Waals surface area contributed by atoms with Crippen LogP contribution in [0.25, 0.3) is 11.4 Å². The highest BCUT2D eigenvalue weighted by atomic mass is 35.5. The number of aromatic nitrogens is 3. The Morgan fingerprint density at radius 1 is 1.09 bits per heavy atom. The largest absolute Gasteiger partial charge is 0.467 e. The van der Waals surface area contributed by atoms with Gasteiger partial charge >= 0.3 is 6.18 Å². The van der Waals surface area contributed by atoms with Crippen LogP contribution in [-0.4, -0.2) is 26.4 Å². The normalized spacial score (nSPS) is 11.6. The van der Waals surface area contributed by atoms with E-state index in [1.54, 1.807) is 41.0 Å². The summed E-state index contributed by atoms with van der Waals surface area (Å²) in [5.74, 6) is 0.223. The zero-order valence-electron chi connectivity index (χ0n) is 17.1. The third-order valence-electron chi connectivity index (χ3n) is 4.62. The highest BCUT2D eigenvalue weighted by Crippen LogP contribution is 2.37. The molecule has 0 spiro atoms. The molecule has 2 heterocycles. The van der Waals surface area contributed by atoms with Crippen molar-refractivity contribution in [2.75, 3.05) is 11.1 Å². The van der Waals surface area contributed by atoms with Crippen LogP contribution in [0.5, 0.6) is 0 Å². The molecule has 0 aliphatic carbocycles. The van der Waals surface area contributed by atoms with Gasteiger partial charge in [0, 0.05) is 10.6 Å². The molecule has 0 radical (unpaired) electrons. The molecule has 0 unspecified atom stereocenters. The second-order valence-electron chi connectivity index (χ2n) is 6.98. The SMILES string of the molecule is O=C(CSc1nnc(-c2ccccc2Cl)n1Cc1ccco1)Nc1ccc(Cl)cc1C(F)(F)F. The fourth-order valence-corrected chi connectivity index (χ4v) is 4.24. The van der Waals surface area contributed by atoms with E-state index in [9.17, 15) is 18.0 Å². The van der Waals surface area contributed by atoms with Crippen molar-refractivity contribution >= 4 is 46.6 Å². The van der Waals surface area contributed by atoms with Crippen molar-refractivity contribution in [3.8, 4) is 11.4 Å². The number of carbonyl (C=O) groups excluding carboxylic acids is 1. The number of rotatable bonds is 7. The Bertz CT molecular complexity index is 1310. The molecule has 4 rings (SSSR count). The molecule has 0 saturated heterocycles. The van der Waals surface area contributed by atoms with Gasteiger partial charge in [-0.2, -0.15) is 13.2 Å². The van der Waals surface area contributed by atoms with E-state index in [0.29, 0.717) is 27.3 Å². The van der Waals surface area contributed by atoms with Crippen molar-refractivity contribution in [2.45, 2.75) is 17.9 Å². The molecular formula is C22H15Cl2F3N4O2S. The van der Waals surface area contributed by atoms with Crippen LogP contribution in [0.2, 0.25) is 10.0 Å². The van der Waals surface area contributed by atoms with E-state index in [-0.39, 0.29) is 23.0 Å². The number of thioether (sulfide) groups is 1. The van der Waals surface area contributed by atoms with Crippen LogP contribution in [0.1, 0.15) is 11.3 Å². The quantitative estimate of drug-likeness (QED) is 0.273. The van der Waals surface area contributed by atoms with Crippen molar-refractivity contribution in [3.05, 3.63) is 82.2 Å². The van der Waals surface area contributed by atoms with E-state index in [1.807, 2.05) is 0 Å². The molecule has 12 heteroatoms. The van der Waals surface area contributed by atoms with Gasteiger partial charge < -0.3 is 9.73 Å². The van der Waals surface area contributed by atoms with E-state index >= 15 is 0 Å². The van der Waals surface area contributed by atoms with Crippen LogP contribution in [0.3, 0.4) is 0 Å². The summed E-state index contributed by atoms with van der Waals surface area (Å²) in [6.45, 7) is 0.264. The molecular weight excluding hydrogens is 512 g/mol. The van der Waals surface area contributed by atoms with Gasteiger partial charge in [0.2, 0.25) is 5.91 Å². The summed E-state index contributed by atoms with van der Waals surface area (Å²) >= 11 is 13.0. The van der Waals surface area contributed by atoms with Crippen molar-refractivity contribution < 1.29 is 22.4 Å². The summed E-state index contributed by atoms with van der Waals surface area (Å²) in [7, 11) is 0. The predicted molar refractivity (Wildman–Crippen MR) is 124 cm³/mol. The molecule has 34 heavy (non-hydrogen) atoms. The Morgan fingerprint density at radius 3 is 2.59 bits per heavy atom. The number of nitrogens with zero attached hydrogens (tertiary/aromatic N) is 3. The molecule has 0 fully saturated rings. The van der Waals surface area contributed by atoms with Crippen LogP contribution in [0, 0.1) is 0 Å². The van der Waals surface area contributed by atoms with Crippen LogP contribution >= 0.6 is 35.0 Å². The summed E-state index contributed by atoms with van der Waals surface area (Å²) in [6.07, 6.45) is -3.15. The standard InChI is InChI=1S/C22H15Cl2F3N4O2S/c23-13-7-8-18(16(10-13)22(25,26)27)28-19(32)12-34-21-30-29-20(15-5-1-2-6-17(15)24)31(21)11-14-4-3-9-33-14/h1-10H,11-12H2,(H,28,32). The first-order valence-corrected chi connectivity index (χ1v) is 11.5. The molecule has 4 aromatic rings. The number of benzene rings is 2. The Balaban J connectivity index is 1.55. The van der Waals surface area contributed by atoms with E-state index in [0.717, 1.165) is 23.9 Å². The zero-order valence-corrected chi connectivity index (χ0v) is 19.5. The third kappa shape index (κ3) is 5.57. The monoisotopic (exact) mass is 526 g/mol. The maximum atomic E-state index is 13.3. The number of furan rings is 1. The minimum absolute atomic E-state index is 0.0853. The smallest absolute Gasteiger partial charge is 0.418 e. The maximum Gasteiger partial charge on any atom is 0.418 e. The fourth-order valence-electron chi connectivity index (χ4n) is 3.11. The third-order valence-corrected chi connectivity index (χ3v) is 6.15. The average molecular weight is 527 g/mol. The predicted octanol–water partition coefficient (Wildman–Crippen LogP) is 6.64. The highest BCUT2D eigenvalue weighted by molar-refractivity contribution is 7.99. The Labute approximate surface area is 206 Å². The van der Waals surface area contributed by atoms with Crippen molar-refractivity contribution in [1.82, 2.24) is 14.8 Å². The van der Waals surface area contributed by atoms with Crippen LogP contribution < -0.4 is 5.32 Å². The highest BCUT2D eigenvalue weighted by Gasteiger charge is 2.34. The van der Waals surface area contributed by atoms with Crippen LogP contribution in [0.15, 0.2) is 70.4 Å². The number of hydrogen-bond donors (Lipinski definition) is 1. The molecule has 0 aliphatic rings. The maximum absolute atomic E-state index is 13.3. The molecule has 0 saturated carbocycles. The lowest BCUT2D eigenvalue weighted by atomic mass is 10.1. The number of amides is 1. The number of hydrogen-bond acceptors (Lipinski definition) is 5. The summed E-state index contributed by atoms with van der Waals surface area (Å²) < 4.78 is 47.1. The minimum atomic E-state index is -4.67. The first-order valence-electron chi connectivity index (χ1n) is 9.72. The Kier molecular flexibility index (Phi) is 7.20. The van der Waals surface area contributed by atoms with Gasteiger partial charge in [0.1, 0.15) is 5.76 Å². The van der Waals surface area contributed by atoms with Gasteiger partial charge in [-0.3, -0.25) is 9.36 Å². The van der Waals surface area contributed by atoms with E-state index in [4.69, 9.17) is 27.6 Å². The topological polar surface area (TPSA) is 73.0 Å². The summed E-state index contributed by atoms with van der Waals surface area (Å²) in [5.41, 5.74) is -0.771. The number of carbonyl (C=O) groups is 1. The molecule has 0 atom stereocenters. The lowest BCUT2D eigenvalue weighted by molar-refractivity contribution is -0.137. The van der Waals surface area contributed by atoms with Crippen molar-refractivity contribution in [1.29, 1.82) is 0 Å². The van der Waals surface area contributed by atoms with Crippen LogP contribution in [0.4, 0.5) is 18.9 Å². The average Bonchev–Trinajstić information content (AvgIpc) is 3.44. The first-order chi connectivity index (χ1) is 16.2. The number of alkyl halides is 3. The van der Waals surface area contributed by atoms with E-state index < -0.39 is 17.6 Å². The molecule has 2 aromatic heterocycles. The van der Waals surface area contributed by atoms with Gasteiger partial charge in [-0.1, -0.05) is 47.1 Å². The molecule has 176 valence electrons. The lowest BCUT2D eigenvalue weighted by Crippen LogP contribution is -2.18. The fraction of sp³-hybridized carbons (Fsp3) is 0.136. The van der Waals surface area contributed by atoms with Gasteiger partial charge in [-0.25, -0.2) is 0 Å². The Morgan fingerprint density at radius 2 is 1.88 bits per heavy atom. The Hall–Kier alpha value is -2.95. The summed E-state index contributed by atoms with van der Waals surface area (Å²) in [6, 6.07) is 13.7. The summed E-state index contributed by atoms with van der Waals surface area (Å²) in [5, 5.41) is 11.4. The van der Waals surface area contributed by atoms with Gasteiger partial charge in [-0.05, 0) is 42.5 Å². The van der Waals surface area contributed by atoms with E-state index in [2.05, 4.69) is 15.5 Å². The second-order valence-corrected chi connectivity index (χ2v) is 8.76. The zero-order chi connectivity index (χ0) is 24.3. The number of nitrogens with one attached hydrogen (secondary N) is 1. The van der Waals surface area contributed by atoms with E-state index in [1.165, 1.54) is 12.3 Å². The molecule has 0 bridgehead atoms. The van der Waals surface area contributed by atoms with Crippen molar-refractivity contribution in [3.63, 3.8) is 0 Å². The number of anilines is 1. The molecule has 2 aromatic carbocycles. The second kappa shape index (κ2) is 10.1. The summed E-state index contributed by atoms with van der Waals surface area (Å²) in [4.78, 5) is 12.5. The van der Waals surface area contributed by atoms with Gasteiger partial charge in [0.15, 0.2) is 11.0 Å². The van der Waals surface area contributed by atoms with Gasteiger partial charge in [0.25, 0.3) is 0 Å². The molecule has 1 N–H and O–H groups in total. The van der Waals surface area contributed by atoms with Crippen LogP contribution in [-0.2, 0) is 17.5 Å². The van der Waals surface area contributed by atoms with Gasteiger partial charge in [0.05, 0.1) is 34.8 Å². The molecule has 1 amide bonds. The van der Waals surface area contributed by atoms with Gasteiger partial charge in [-0.15, -0.1) is 10.2 Å². The van der Waals surface area contributed by atoms with Crippen molar-refractivity contribution in [2.24, 2.45) is 0 Å². The molecule has 0 aliphatic heterocycles. The number of halogens is 5.